The van der Waals surface area contributed by atoms with Crippen molar-refractivity contribution < 1.29 is 9.72 Å². The standard InChI is InChI=1S/C20H20BrN5O3S/c1-4-25-19(14-5-7-15(21)8-6-14)23-24-20(25)30-11-17(27)22-18-13(3)9-12(2)10-16(18)26(28)29/h5-10H,4,11H2,1-3H3,(H,22,27). The number of thioether (sulfide) groups is 1. The van der Waals surface area contributed by atoms with Gasteiger partial charge in [0.1, 0.15) is 5.69 Å². The topological polar surface area (TPSA) is 103 Å². The molecule has 0 fully saturated rings. The molecular weight excluding hydrogens is 470 g/mol. The van der Waals surface area contributed by atoms with E-state index in [4.69, 9.17) is 0 Å². The Bertz CT molecular complexity index is 1100. The predicted octanol–water partition coefficient (Wildman–Crippen LogP) is 4.98. The highest BCUT2D eigenvalue weighted by atomic mass is 79.9. The maximum atomic E-state index is 12.5. The molecule has 0 aliphatic carbocycles. The van der Waals surface area contributed by atoms with Crippen molar-refractivity contribution in [2.24, 2.45) is 0 Å². The van der Waals surface area contributed by atoms with Crippen LogP contribution in [0.2, 0.25) is 0 Å². The van der Waals surface area contributed by atoms with Gasteiger partial charge in [0.15, 0.2) is 11.0 Å². The minimum atomic E-state index is -0.485. The fourth-order valence-electron chi connectivity index (χ4n) is 3.05. The van der Waals surface area contributed by atoms with Gasteiger partial charge in [-0.15, -0.1) is 10.2 Å². The monoisotopic (exact) mass is 489 g/mol. The van der Waals surface area contributed by atoms with E-state index >= 15 is 0 Å². The van der Waals surface area contributed by atoms with Crippen LogP contribution < -0.4 is 5.32 Å². The highest BCUT2D eigenvalue weighted by Gasteiger charge is 2.20. The van der Waals surface area contributed by atoms with Gasteiger partial charge in [-0.05, 0) is 44.0 Å². The predicted molar refractivity (Wildman–Crippen MR) is 121 cm³/mol. The van der Waals surface area contributed by atoms with E-state index in [-0.39, 0.29) is 23.0 Å². The number of hydrogen-bond donors (Lipinski definition) is 1. The van der Waals surface area contributed by atoms with E-state index < -0.39 is 4.92 Å². The summed E-state index contributed by atoms with van der Waals surface area (Å²) in [6.07, 6.45) is 0. The largest absolute Gasteiger partial charge is 0.319 e. The molecule has 0 aliphatic heterocycles. The summed E-state index contributed by atoms with van der Waals surface area (Å²) in [5.41, 5.74) is 2.45. The number of nitrogens with zero attached hydrogens (tertiary/aromatic N) is 4. The summed E-state index contributed by atoms with van der Waals surface area (Å²) in [6.45, 7) is 6.14. The van der Waals surface area contributed by atoms with E-state index in [2.05, 4.69) is 31.4 Å². The van der Waals surface area contributed by atoms with E-state index in [0.717, 1.165) is 21.4 Å². The van der Waals surface area contributed by atoms with Gasteiger partial charge >= 0.3 is 0 Å². The fraction of sp³-hybridized carbons (Fsp3) is 0.250. The van der Waals surface area contributed by atoms with Crippen molar-refractivity contribution in [3.8, 4) is 11.4 Å². The molecule has 2 aromatic carbocycles. The number of benzene rings is 2. The van der Waals surface area contributed by atoms with Gasteiger partial charge in [0.05, 0.1) is 10.7 Å². The van der Waals surface area contributed by atoms with Crippen LogP contribution in [0, 0.1) is 24.0 Å². The van der Waals surface area contributed by atoms with Crippen molar-refractivity contribution in [2.45, 2.75) is 32.5 Å². The average Bonchev–Trinajstić information content (AvgIpc) is 3.11. The summed E-state index contributed by atoms with van der Waals surface area (Å²) >= 11 is 4.66. The van der Waals surface area contributed by atoms with Crippen LogP contribution in [0.5, 0.6) is 0 Å². The van der Waals surface area contributed by atoms with Gasteiger partial charge in [0, 0.05) is 22.6 Å². The van der Waals surface area contributed by atoms with Crippen LogP contribution in [0.15, 0.2) is 46.0 Å². The zero-order chi connectivity index (χ0) is 21.8. The molecule has 0 atom stereocenters. The van der Waals surface area contributed by atoms with Crippen LogP contribution in [0.1, 0.15) is 18.1 Å². The molecule has 0 unspecified atom stereocenters. The van der Waals surface area contributed by atoms with Crippen LogP contribution in [-0.2, 0) is 11.3 Å². The molecule has 0 aliphatic rings. The number of nitrogens with one attached hydrogen (secondary N) is 1. The van der Waals surface area contributed by atoms with Crippen molar-refractivity contribution in [3.63, 3.8) is 0 Å². The molecule has 3 rings (SSSR count). The molecule has 0 spiro atoms. The highest BCUT2D eigenvalue weighted by molar-refractivity contribution is 9.10. The lowest BCUT2D eigenvalue weighted by Crippen LogP contribution is -2.16. The van der Waals surface area contributed by atoms with E-state index in [0.29, 0.717) is 17.3 Å². The number of rotatable bonds is 7. The molecule has 0 saturated carbocycles. The quantitative estimate of drug-likeness (QED) is 0.285. The molecule has 0 bridgehead atoms. The second kappa shape index (κ2) is 9.40. The lowest BCUT2D eigenvalue weighted by atomic mass is 10.1. The summed E-state index contributed by atoms with van der Waals surface area (Å²) in [4.78, 5) is 23.4. The Hall–Kier alpha value is -2.72. The zero-order valence-corrected chi connectivity index (χ0v) is 19.1. The van der Waals surface area contributed by atoms with Crippen LogP contribution in [0.25, 0.3) is 11.4 Å². The smallest absolute Gasteiger partial charge is 0.293 e. The molecule has 156 valence electrons. The second-order valence-electron chi connectivity index (χ2n) is 6.63. The number of aromatic nitrogens is 3. The molecule has 10 heteroatoms. The first-order valence-electron chi connectivity index (χ1n) is 9.17. The lowest BCUT2D eigenvalue weighted by molar-refractivity contribution is -0.384. The van der Waals surface area contributed by atoms with Crippen LogP contribution in [0.4, 0.5) is 11.4 Å². The lowest BCUT2D eigenvalue weighted by Gasteiger charge is -2.10. The summed E-state index contributed by atoms with van der Waals surface area (Å²) in [5, 5.41) is 23.1. The van der Waals surface area contributed by atoms with Crippen LogP contribution in [-0.4, -0.2) is 31.3 Å². The van der Waals surface area contributed by atoms with Gasteiger partial charge in [0.25, 0.3) is 5.69 Å². The number of nitro groups is 1. The third-order valence-electron chi connectivity index (χ3n) is 4.39. The second-order valence-corrected chi connectivity index (χ2v) is 8.49. The molecule has 1 heterocycles. The number of aryl methyl sites for hydroxylation is 2. The summed E-state index contributed by atoms with van der Waals surface area (Å²) in [5.74, 6) is 0.437. The Balaban J connectivity index is 1.75. The maximum absolute atomic E-state index is 12.5. The van der Waals surface area contributed by atoms with Crippen molar-refractivity contribution in [1.82, 2.24) is 14.8 Å². The molecular formula is C20H20BrN5O3S. The van der Waals surface area contributed by atoms with Gasteiger partial charge in [-0.3, -0.25) is 14.9 Å². The van der Waals surface area contributed by atoms with E-state index in [9.17, 15) is 14.9 Å². The molecule has 30 heavy (non-hydrogen) atoms. The van der Waals surface area contributed by atoms with Crippen molar-refractivity contribution in [3.05, 3.63) is 62.1 Å². The van der Waals surface area contributed by atoms with Gasteiger partial charge in [0.2, 0.25) is 5.91 Å². The first kappa shape index (κ1) is 22.0. The van der Waals surface area contributed by atoms with Gasteiger partial charge in [-0.2, -0.15) is 0 Å². The number of nitro benzene ring substituents is 1. The fourth-order valence-corrected chi connectivity index (χ4v) is 4.12. The Kier molecular flexibility index (Phi) is 6.88. The molecule has 8 nitrogen and oxygen atoms in total. The maximum Gasteiger partial charge on any atom is 0.293 e. The van der Waals surface area contributed by atoms with Crippen molar-refractivity contribution in [1.29, 1.82) is 0 Å². The minimum Gasteiger partial charge on any atom is -0.319 e. The molecule has 0 saturated heterocycles. The zero-order valence-electron chi connectivity index (χ0n) is 16.7. The Morgan fingerprint density at radius 3 is 2.57 bits per heavy atom. The summed E-state index contributed by atoms with van der Waals surface area (Å²) < 4.78 is 2.90. The van der Waals surface area contributed by atoms with E-state index in [1.165, 1.54) is 17.8 Å². The van der Waals surface area contributed by atoms with E-state index in [1.54, 1.807) is 19.9 Å². The number of amides is 1. The van der Waals surface area contributed by atoms with Gasteiger partial charge < -0.3 is 9.88 Å². The van der Waals surface area contributed by atoms with E-state index in [1.807, 2.05) is 35.8 Å². The first-order valence-corrected chi connectivity index (χ1v) is 11.0. The normalized spacial score (nSPS) is 10.8. The number of halogens is 1. The third-order valence-corrected chi connectivity index (χ3v) is 5.88. The summed E-state index contributed by atoms with van der Waals surface area (Å²) in [6, 6.07) is 11.0. The molecule has 1 aromatic heterocycles. The minimum absolute atomic E-state index is 0.0585. The Morgan fingerprint density at radius 1 is 1.23 bits per heavy atom. The Morgan fingerprint density at radius 2 is 1.93 bits per heavy atom. The number of carbonyl (C=O) groups is 1. The molecule has 1 amide bonds. The van der Waals surface area contributed by atoms with Gasteiger partial charge in [-0.25, -0.2) is 0 Å². The SMILES string of the molecule is CCn1c(SCC(=O)Nc2c(C)cc(C)cc2[N+](=O)[O-])nnc1-c1ccc(Br)cc1. The number of anilines is 1. The molecule has 3 aromatic rings. The number of hydrogen-bond acceptors (Lipinski definition) is 6. The first-order chi connectivity index (χ1) is 14.3. The van der Waals surface area contributed by atoms with Crippen molar-refractivity contribution in [2.75, 3.05) is 11.1 Å². The highest BCUT2D eigenvalue weighted by Crippen LogP contribution is 2.30. The van der Waals surface area contributed by atoms with Gasteiger partial charge in [-0.1, -0.05) is 45.9 Å². The van der Waals surface area contributed by atoms with Crippen molar-refractivity contribution >= 4 is 45.0 Å². The summed E-state index contributed by atoms with van der Waals surface area (Å²) in [7, 11) is 0. The Labute approximate surface area is 186 Å². The van der Waals surface area contributed by atoms with Crippen LogP contribution >= 0.6 is 27.7 Å². The molecule has 0 radical (unpaired) electrons. The third kappa shape index (κ3) is 4.88. The average molecular weight is 490 g/mol. The van der Waals surface area contributed by atoms with Crippen LogP contribution in [0.3, 0.4) is 0 Å². The molecule has 1 N–H and O–H groups in total. The number of carbonyl (C=O) groups excluding carboxylic acids is 1.